The highest BCUT2D eigenvalue weighted by atomic mass is 35.5. The number of hydrogen-bond acceptors (Lipinski definition) is 0. The summed E-state index contributed by atoms with van der Waals surface area (Å²) >= 11 is 0. The Bertz CT molecular complexity index is 190. The minimum absolute atomic E-state index is 0. The number of rotatable bonds is 10. The number of nitrogens with zero attached hydrogens (tertiary/aromatic N) is 2. The fraction of sp³-hybridized carbons (Fsp3) is 0.875. The van der Waals surface area contributed by atoms with Crippen LogP contribution in [0.15, 0.2) is 12.2 Å². The van der Waals surface area contributed by atoms with Crippen LogP contribution in [-0.2, 0) is 0 Å². The first kappa shape index (κ1) is 21.3. The molecule has 0 amide bonds. The molecular formula is C16H37ClN2+2. The van der Waals surface area contributed by atoms with E-state index in [2.05, 4.69) is 53.7 Å². The zero-order chi connectivity index (χ0) is 14.1. The van der Waals surface area contributed by atoms with Crippen molar-refractivity contribution in [1.82, 2.24) is 0 Å². The van der Waals surface area contributed by atoms with Gasteiger partial charge in [0.15, 0.2) is 0 Å². The maximum Gasteiger partial charge on any atom is 0.0975 e. The highest BCUT2D eigenvalue weighted by Gasteiger charge is 2.20. The summed E-state index contributed by atoms with van der Waals surface area (Å²) in [5.74, 6) is 0. The average Bonchev–Trinajstić information content (AvgIpc) is 2.45. The van der Waals surface area contributed by atoms with Crippen molar-refractivity contribution >= 4 is 12.4 Å². The van der Waals surface area contributed by atoms with Gasteiger partial charge in [0, 0.05) is 0 Å². The van der Waals surface area contributed by atoms with Crippen LogP contribution in [0.3, 0.4) is 0 Å². The summed E-state index contributed by atoms with van der Waals surface area (Å²) in [6.45, 7) is 23.7. The van der Waals surface area contributed by atoms with Crippen molar-refractivity contribution in [2.24, 2.45) is 0 Å². The normalized spacial score (nSPS) is 12.7. The van der Waals surface area contributed by atoms with Crippen molar-refractivity contribution in [2.45, 2.75) is 41.5 Å². The van der Waals surface area contributed by atoms with Crippen LogP contribution in [0.2, 0.25) is 0 Å². The van der Waals surface area contributed by atoms with Gasteiger partial charge in [-0.05, 0) is 53.7 Å². The van der Waals surface area contributed by atoms with E-state index in [1.54, 1.807) is 0 Å². The summed E-state index contributed by atoms with van der Waals surface area (Å²) in [6, 6.07) is 0. The molecule has 2 nitrogen and oxygen atoms in total. The molecule has 0 N–H and O–H groups in total. The van der Waals surface area contributed by atoms with Gasteiger partial charge in [0.25, 0.3) is 0 Å². The van der Waals surface area contributed by atoms with Crippen LogP contribution in [0.4, 0.5) is 0 Å². The van der Waals surface area contributed by atoms with Crippen LogP contribution >= 0.6 is 12.4 Å². The topological polar surface area (TPSA) is 0 Å². The van der Waals surface area contributed by atoms with Gasteiger partial charge in [0.2, 0.25) is 0 Å². The lowest BCUT2D eigenvalue weighted by atomic mass is 10.3. The van der Waals surface area contributed by atoms with Gasteiger partial charge in [0.1, 0.15) is 0 Å². The second-order valence-electron chi connectivity index (χ2n) is 5.42. The highest BCUT2D eigenvalue weighted by molar-refractivity contribution is 5.85. The monoisotopic (exact) mass is 292 g/mol. The molecule has 0 aromatic heterocycles. The summed E-state index contributed by atoms with van der Waals surface area (Å²) in [5, 5.41) is 0. The third-order valence-corrected chi connectivity index (χ3v) is 5.18. The summed E-state index contributed by atoms with van der Waals surface area (Å²) in [5.41, 5.74) is 0. The van der Waals surface area contributed by atoms with Crippen LogP contribution in [0.5, 0.6) is 0 Å². The lowest BCUT2D eigenvalue weighted by molar-refractivity contribution is -0.920. The van der Waals surface area contributed by atoms with Crippen molar-refractivity contribution in [2.75, 3.05) is 52.4 Å². The molecular weight excluding hydrogens is 256 g/mol. The zero-order valence-corrected chi connectivity index (χ0v) is 14.9. The van der Waals surface area contributed by atoms with E-state index in [0.717, 1.165) is 0 Å². The Labute approximate surface area is 128 Å². The van der Waals surface area contributed by atoms with Crippen LogP contribution in [0.25, 0.3) is 0 Å². The summed E-state index contributed by atoms with van der Waals surface area (Å²) in [6.07, 6.45) is 4.84. The predicted octanol–water partition coefficient (Wildman–Crippen LogP) is 3.72. The Morgan fingerprint density at radius 2 is 0.737 bits per heavy atom. The van der Waals surface area contributed by atoms with Gasteiger partial charge in [-0.25, -0.2) is 0 Å². The van der Waals surface area contributed by atoms with Gasteiger partial charge in [-0.3, -0.25) is 0 Å². The van der Waals surface area contributed by atoms with Crippen molar-refractivity contribution in [3.8, 4) is 0 Å². The molecule has 0 saturated heterocycles. The van der Waals surface area contributed by atoms with E-state index in [9.17, 15) is 0 Å². The zero-order valence-electron chi connectivity index (χ0n) is 14.1. The smallest absolute Gasteiger partial charge is 0.0975 e. The lowest BCUT2D eigenvalue weighted by Crippen LogP contribution is -2.48. The molecule has 0 aliphatic heterocycles. The Morgan fingerprint density at radius 3 is 0.895 bits per heavy atom. The number of quaternary nitrogens is 2. The van der Waals surface area contributed by atoms with E-state index < -0.39 is 0 Å². The number of halogens is 1. The fourth-order valence-corrected chi connectivity index (χ4v) is 2.71. The van der Waals surface area contributed by atoms with E-state index in [4.69, 9.17) is 0 Å². The third-order valence-electron chi connectivity index (χ3n) is 5.18. The van der Waals surface area contributed by atoms with Crippen molar-refractivity contribution in [3.63, 3.8) is 0 Å². The van der Waals surface area contributed by atoms with Gasteiger partial charge in [-0.2, -0.15) is 0 Å². The fourth-order valence-electron chi connectivity index (χ4n) is 2.71. The van der Waals surface area contributed by atoms with Gasteiger partial charge in [-0.1, -0.05) is 0 Å². The molecule has 0 aliphatic rings. The first-order valence-electron chi connectivity index (χ1n) is 7.92. The van der Waals surface area contributed by atoms with E-state index in [0.29, 0.717) is 0 Å². The van der Waals surface area contributed by atoms with E-state index in [1.807, 2.05) is 0 Å². The lowest BCUT2D eigenvalue weighted by Gasteiger charge is -2.36. The quantitative estimate of drug-likeness (QED) is 0.425. The van der Waals surface area contributed by atoms with E-state index in [1.165, 1.54) is 61.3 Å². The molecule has 0 aromatic carbocycles. The van der Waals surface area contributed by atoms with Crippen LogP contribution in [0, 0.1) is 0 Å². The molecule has 0 atom stereocenters. The SMILES string of the molecule is CC[N+](CC)(CC)CC=CC[N+](CC)(CC)CC.Cl. The first-order valence-corrected chi connectivity index (χ1v) is 7.92. The molecule has 0 saturated carbocycles. The van der Waals surface area contributed by atoms with Crippen molar-refractivity contribution in [3.05, 3.63) is 12.2 Å². The van der Waals surface area contributed by atoms with Crippen molar-refractivity contribution < 1.29 is 8.97 Å². The maximum absolute atomic E-state index is 2.42. The van der Waals surface area contributed by atoms with E-state index >= 15 is 0 Å². The Kier molecular flexibility index (Phi) is 12.0. The molecule has 19 heavy (non-hydrogen) atoms. The molecule has 116 valence electrons. The van der Waals surface area contributed by atoms with E-state index in [-0.39, 0.29) is 12.4 Å². The number of likely N-dealkylation sites (N-methyl/N-ethyl adjacent to an activating group) is 2. The van der Waals surface area contributed by atoms with Gasteiger partial charge < -0.3 is 8.97 Å². The molecule has 3 heteroatoms. The molecule has 0 aromatic rings. The molecule has 0 bridgehead atoms. The predicted molar refractivity (Wildman–Crippen MR) is 89.9 cm³/mol. The molecule has 0 aliphatic carbocycles. The maximum atomic E-state index is 2.42. The Hall–Kier alpha value is -0.0500. The average molecular weight is 293 g/mol. The summed E-state index contributed by atoms with van der Waals surface area (Å²) < 4.78 is 2.45. The largest absolute Gasteiger partial charge is 0.321 e. The molecule has 0 rings (SSSR count). The van der Waals surface area contributed by atoms with Gasteiger partial charge in [0.05, 0.1) is 52.4 Å². The molecule has 0 radical (unpaired) electrons. The van der Waals surface area contributed by atoms with Gasteiger partial charge >= 0.3 is 0 Å². The molecule has 0 spiro atoms. The Morgan fingerprint density at radius 1 is 0.526 bits per heavy atom. The molecule has 0 heterocycles. The highest BCUT2D eigenvalue weighted by Crippen LogP contribution is 2.08. The number of hydrogen-bond donors (Lipinski definition) is 0. The van der Waals surface area contributed by atoms with Crippen LogP contribution in [-0.4, -0.2) is 61.3 Å². The summed E-state index contributed by atoms with van der Waals surface area (Å²) in [7, 11) is 0. The minimum atomic E-state index is 0. The summed E-state index contributed by atoms with van der Waals surface area (Å²) in [4.78, 5) is 0. The second-order valence-corrected chi connectivity index (χ2v) is 5.42. The Balaban J connectivity index is 0. The first-order chi connectivity index (χ1) is 8.57. The molecule has 0 fully saturated rings. The third kappa shape index (κ3) is 6.29. The van der Waals surface area contributed by atoms with Crippen LogP contribution < -0.4 is 0 Å². The van der Waals surface area contributed by atoms with Crippen LogP contribution in [0.1, 0.15) is 41.5 Å². The minimum Gasteiger partial charge on any atom is -0.321 e. The van der Waals surface area contributed by atoms with Crippen molar-refractivity contribution in [1.29, 1.82) is 0 Å². The molecule has 0 unspecified atom stereocenters. The van der Waals surface area contributed by atoms with Gasteiger partial charge in [-0.15, -0.1) is 12.4 Å². The standard InChI is InChI=1S/C16H36N2.ClH/c1-7-17(8-2,9-3)15-13-14-16-18(10-4,11-5)12-6;/h13-14H,7-12,15-16H2,1-6H3;1H/q+2;. The second kappa shape index (κ2) is 10.7.